The maximum atomic E-state index is 10.7. The molecule has 0 aromatic carbocycles. The Kier molecular flexibility index (Phi) is 2.32. The fourth-order valence-corrected chi connectivity index (χ4v) is 2.32. The fourth-order valence-electron chi connectivity index (χ4n) is 1.43. The number of aromatic carboxylic acids is 1. The van der Waals surface area contributed by atoms with E-state index < -0.39 is 5.97 Å². The highest BCUT2D eigenvalue weighted by molar-refractivity contribution is 7.17. The molecule has 0 bridgehead atoms. The SMILES string of the molecule is Cc1nc(-c2ccc(C(=O)O)s2)c(C)[nH]1. The van der Waals surface area contributed by atoms with Crippen LogP contribution in [0.1, 0.15) is 21.2 Å². The van der Waals surface area contributed by atoms with Gasteiger partial charge in [-0.3, -0.25) is 0 Å². The number of hydrogen-bond donors (Lipinski definition) is 2. The Morgan fingerprint density at radius 1 is 1.47 bits per heavy atom. The highest BCUT2D eigenvalue weighted by atomic mass is 32.1. The van der Waals surface area contributed by atoms with Crippen molar-refractivity contribution in [3.63, 3.8) is 0 Å². The van der Waals surface area contributed by atoms with Crippen molar-refractivity contribution in [1.82, 2.24) is 9.97 Å². The lowest BCUT2D eigenvalue weighted by molar-refractivity contribution is 0.0702. The summed E-state index contributed by atoms with van der Waals surface area (Å²) in [5.41, 5.74) is 1.80. The zero-order valence-electron chi connectivity index (χ0n) is 8.37. The molecule has 0 saturated carbocycles. The van der Waals surface area contributed by atoms with Crippen LogP contribution in [0.3, 0.4) is 0 Å². The Morgan fingerprint density at radius 2 is 2.20 bits per heavy atom. The van der Waals surface area contributed by atoms with Crippen molar-refractivity contribution in [3.05, 3.63) is 28.5 Å². The highest BCUT2D eigenvalue weighted by Gasteiger charge is 2.12. The molecule has 0 spiro atoms. The minimum atomic E-state index is -0.892. The molecule has 0 aliphatic heterocycles. The first-order valence-electron chi connectivity index (χ1n) is 4.44. The van der Waals surface area contributed by atoms with E-state index in [1.807, 2.05) is 13.8 Å². The average molecular weight is 222 g/mol. The zero-order chi connectivity index (χ0) is 11.0. The molecule has 15 heavy (non-hydrogen) atoms. The van der Waals surface area contributed by atoms with Crippen LogP contribution in [0.2, 0.25) is 0 Å². The second-order valence-corrected chi connectivity index (χ2v) is 4.35. The van der Waals surface area contributed by atoms with Gasteiger partial charge in [-0.05, 0) is 26.0 Å². The molecule has 5 heteroatoms. The number of carboxylic acid groups (broad SMARTS) is 1. The molecule has 78 valence electrons. The van der Waals surface area contributed by atoms with Crippen LogP contribution in [-0.2, 0) is 0 Å². The van der Waals surface area contributed by atoms with E-state index >= 15 is 0 Å². The van der Waals surface area contributed by atoms with Gasteiger partial charge in [0.05, 0.1) is 4.88 Å². The second kappa shape index (κ2) is 3.51. The molecule has 0 amide bonds. The Hall–Kier alpha value is -1.62. The summed E-state index contributed by atoms with van der Waals surface area (Å²) in [6, 6.07) is 3.39. The van der Waals surface area contributed by atoms with Crippen LogP contribution in [0.5, 0.6) is 0 Å². The van der Waals surface area contributed by atoms with Gasteiger partial charge in [0.1, 0.15) is 16.4 Å². The van der Waals surface area contributed by atoms with Gasteiger partial charge < -0.3 is 10.1 Å². The number of carbonyl (C=O) groups is 1. The monoisotopic (exact) mass is 222 g/mol. The fraction of sp³-hybridized carbons (Fsp3) is 0.200. The lowest BCUT2D eigenvalue weighted by Gasteiger charge is -1.91. The molecule has 2 aromatic heterocycles. The third kappa shape index (κ3) is 1.78. The number of carboxylic acids is 1. The number of thiophene rings is 1. The molecule has 0 atom stereocenters. The van der Waals surface area contributed by atoms with Crippen molar-refractivity contribution in [2.45, 2.75) is 13.8 Å². The summed E-state index contributed by atoms with van der Waals surface area (Å²) in [5, 5.41) is 8.80. The number of hydrogen-bond acceptors (Lipinski definition) is 3. The Labute approximate surface area is 90.6 Å². The van der Waals surface area contributed by atoms with Crippen LogP contribution in [0, 0.1) is 13.8 Å². The molecule has 2 aromatic rings. The normalized spacial score (nSPS) is 10.5. The lowest BCUT2D eigenvalue weighted by Crippen LogP contribution is -1.89. The predicted octanol–water partition coefficient (Wildman–Crippen LogP) is 2.45. The molecular weight excluding hydrogens is 212 g/mol. The summed E-state index contributed by atoms with van der Waals surface area (Å²) in [6.45, 7) is 3.80. The van der Waals surface area contributed by atoms with Gasteiger partial charge in [0.15, 0.2) is 0 Å². The molecule has 0 saturated heterocycles. The van der Waals surface area contributed by atoms with Crippen molar-refractivity contribution in [2.24, 2.45) is 0 Å². The quantitative estimate of drug-likeness (QED) is 0.820. The third-order valence-corrected chi connectivity index (χ3v) is 3.13. The molecular formula is C10H10N2O2S. The number of aromatic amines is 1. The Bertz CT molecular complexity index is 513. The average Bonchev–Trinajstić information content (AvgIpc) is 2.71. The maximum absolute atomic E-state index is 10.7. The minimum absolute atomic E-state index is 0.338. The summed E-state index contributed by atoms with van der Waals surface area (Å²) in [4.78, 5) is 19.3. The topological polar surface area (TPSA) is 66.0 Å². The van der Waals surface area contributed by atoms with Crippen LogP contribution in [0.4, 0.5) is 0 Å². The van der Waals surface area contributed by atoms with E-state index in [2.05, 4.69) is 9.97 Å². The first-order chi connectivity index (χ1) is 7.08. The summed E-state index contributed by atoms with van der Waals surface area (Å²) in [6.07, 6.45) is 0. The van der Waals surface area contributed by atoms with Crippen molar-refractivity contribution < 1.29 is 9.90 Å². The maximum Gasteiger partial charge on any atom is 0.345 e. The molecule has 0 aliphatic carbocycles. The third-order valence-electron chi connectivity index (χ3n) is 2.05. The van der Waals surface area contributed by atoms with E-state index in [0.29, 0.717) is 4.88 Å². The second-order valence-electron chi connectivity index (χ2n) is 3.26. The van der Waals surface area contributed by atoms with Crippen molar-refractivity contribution in [2.75, 3.05) is 0 Å². The molecule has 2 heterocycles. The number of aromatic nitrogens is 2. The molecule has 4 nitrogen and oxygen atoms in total. The lowest BCUT2D eigenvalue weighted by atomic mass is 10.3. The predicted molar refractivity (Wildman–Crippen MR) is 58.3 cm³/mol. The van der Waals surface area contributed by atoms with Crippen LogP contribution < -0.4 is 0 Å². The van der Waals surface area contributed by atoms with E-state index in [9.17, 15) is 4.79 Å². The number of nitrogens with one attached hydrogen (secondary N) is 1. The van der Waals surface area contributed by atoms with E-state index in [1.165, 1.54) is 11.3 Å². The van der Waals surface area contributed by atoms with Crippen LogP contribution in [0.15, 0.2) is 12.1 Å². The van der Waals surface area contributed by atoms with Gasteiger partial charge in [-0.1, -0.05) is 0 Å². The Morgan fingerprint density at radius 3 is 2.67 bits per heavy atom. The van der Waals surface area contributed by atoms with Crippen LogP contribution in [-0.4, -0.2) is 21.0 Å². The van der Waals surface area contributed by atoms with E-state index in [0.717, 1.165) is 22.1 Å². The first-order valence-corrected chi connectivity index (χ1v) is 5.26. The van der Waals surface area contributed by atoms with Gasteiger partial charge in [-0.25, -0.2) is 9.78 Å². The zero-order valence-corrected chi connectivity index (χ0v) is 9.18. The van der Waals surface area contributed by atoms with Crippen molar-refractivity contribution in [3.8, 4) is 10.6 Å². The highest BCUT2D eigenvalue weighted by Crippen LogP contribution is 2.28. The van der Waals surface area contributed by atoms with Gasteiger partial charge >= 0.3 is 5.97 Å². The van der Waals surface area contributed by atoms with Gasteiger partial charge in [0, 0.05) is 5.69 Å². The number of rotatable bonds is 2. The van der Waals surface area contributed by atoms with Crippen molar-refractivity contribution >= 4 is 17.3 Å². The minimum Gasteiger partial charge on any atom is -0.477 e. The molecule has 2 N–H and O–H groups in total. The number of aryl methyl sites for hydroxylation is 2. The number of nitrogens with zero attached hydrogens (tertiary/aromatic N) is 1. The standard InChI is InChI=1S/C10H10N2O2S/c1-5-9(12-6(2)11-5)7-3-4-8(15-7)10(13)14/h3-4H,1-2H3,(H,11,12)(H,13,14). The molecule has 0 aliphatic rings. The molecule has 2 rings (SSSR count). The van der Waals surface area contributed by atoms with Gasteiger partial charge in [0.2, 0.25) is 0 Å². The molecule has 0 fully saturated rings. The van der Waals surface area contributed by atoms with E-state index in [-0.39, 0.29) is 0 Å². The Balaban J connectivity index is 2.45. The summed E-state index contributed by atoms with van der Waals surface area (Å²) < 4.78 is 0. The summed E-state index contributed by atoms with van der Waals surface area (Å²) in [5.74, 6) is -0.0519. The van der Waals surface area contributed by atoms with Gasteiger partial charge in [-0.15, -0.1) is 11.3 Å². The van der Waals surface area contributed by atoms with Crippen molar-refractivity contribution in [1.29, 1.82) is 0 Å². The summed E-state index contributed by atoms with van der Waals surface area (Å²) >= 11 is 1.24. The van der Waals surface area contributed by atoms with E-state index in [1.54, 1.807) is 12.1 Å². The summed E-state index contributed by atoms with van der Waals surface area (Å²) in [7, 11) is 0. The first kappa shape index (κ1) is 9.92. The largest absolute Gasteiger partial charge is 0.477 e. The van der Waals surface area contributed by atoms with E-state index in [4.69, 9.17) is 5.11 Å². The number of H-pyrrole nitrogens is 1. The van der Waals surface area contributed by atoms with Gasteiger partial charge in [-0.2, -0.15) is 0 Å². The van der Waals surface area contributed by atoms with Gasteiger partial charge in [0.25, 0.3) is 0 Å². The van der Waals surface area contributed by atoms with Crippen LogP contribution in [0.25, 0.3) is 10.6 Å². The smallest absolute Gasteiger partial charge is 0.345 e. The van der Waals surface area contributed by atoms with Crippen LogP contribution >= 0.6 is 11.3 Å². The number of imidazole rings is 1. The molecule has 0 unspecified atom stereocenters. The molecule has 0 radical (unpaired) electrons.